The first-order valence-corrected chi connectivity index (χ1v) is 10.7. The minimum atomic E-state index is -0.651. The second kappa shape index (κ2) is 9.28. The number of thiocarbonyl (C=S) groups is 1. The average molecular weight is 477 g/mol. The summed E-state index contributed by atoms with van der Waals surface area (Å²) in [6.07, 6.45) is 2.15. The normalized spacial score (nSPS) is 14.9. The molecular weight excluding hydrogens is 458 g/mol. The number of carbonyl (C=O) groups is 2. The fraction of sp³-hybridized carbons (Fsp3) is 0.125. The molecule has 1 aromatic heterocycles. The number of nitrogens with zero attached hydrogens (tertiary/aromatic N) is 2. The molecule has 0 atom stereocenters. The van der Waals surface area contributed by atoms with Crippen LogP contribution in [0.1, 0.15) is 18.2 Å². The Morgan fingerprint density at radius 3 is 2.53 bits per heavy atom. The number of hydrogen-bond acceptors (Lipinski definition) is 7. The van der Waals surface area contributed by atoms with Crippen molar-refractivity contribution in [1.29, 1.82) is 0 Å². The van der Waals surface area contributed by atoms with Gasteiger partial charge in [-0.3, -0.25) is 29.9 Å². The number of anilines is 1. The minimum absolute atomic E-state index is 0.0159. The predicted molar refractivity (Wildman–Crippen MR) is 129 cm³/mol. The SMILES string of the molecule is CCc1ccc(N2C(=O)/C(=C/c3ccc(-c4cc([N+](=O)[O-])ccc4OC)o3)C(=O)NC2=S)cc1. The second-order valence-electron chi connectivity index (χ2n) is 7.32. The van der Waals surface area contributed by atoms with Gasteiger partial charge in [0.2, 0.25) is 0 Å². The Balaban J connectivity index is 1.68. The van der Waals surface area contributed by atoms with Gasteiger partial charge in [-0.25, -0.2) is 0 Å². The summed E-state index contributed by atoms with van der Waals surface area (Å²) in [7, 11) is 1.44. The molecule has 2 amide bonds. The molecule has 3 aromatic rings. The van der Waals surface area contributed by atoms with Crippen molar-refractivity contribution in [2.24, 2.45) is 0 Å². The lowest BCUT2D eigenvalue weighted by atomic mass is 10.1. The van der Waals surface area contributed by atoms with Crippen LogP contribution in [0.3, 0.4) is 0 Å². The van der Waals surface area contributed by atoms with Crippen molar-refractivity contribution >= 4 is 46.6 Å². The monoisotopic (exact) mass is 477 g/mol. The molecule has 1 saturated heterocycles. The number of ether oxygens (including phenoxy) is 1. The summed E-state index contributed by atoms with van der Waals surface area (Å²) in [5.41, 5.74) is 1.69. The molecule has 10 heteroatoms. The van der Waals surface area contributed by atoms with E-state index < -0.39 is 16.7 Å². The average Bonchev–Trinajstić information content (AvgIpc) is 3.30. The number of amides is 2. The number of nitrogens with one attached hydrogen (secondary N) is 1. The third-order valence-corrected chi connectivity index (χ3v) is 5.56. The van der Waals surface area contributed by atoms with E-state index in [9.17, 15) is 19.7 Å². The van der Waals surface area contributed by atoms with Gasteiger partial charge in [-0.2, -0.15) is 0 Å². The van der Waals surface area contributed by atoms with E-state index in [4.69, 9.17) is 21.4 Å². The zero-order valence-electron chi connectivity index (χ0n) is 18.2. The highest BCUT2D eigenvalue weighted by Gasteiger charge is 2.34. The Labute approximate surface area is 199 Å². The van der Waals surface area contributed by atoms with Gasteiger partial charge in [-0.1, -0.05) is 19.1 Å². The summed E-state index contributed by atoms with van der Waals surface area (Å²) in [6, 6.07) is 14.5. The van der Waals surface area contributed by atoms with E-state index in [1.165, 1.54) is 36.3 Å². The van der Waals surface area contributed by atoms with Crippen molar-refractivity contribution in [3.63, 3.8) is 0 Å². The molecule has 1 aliphatic heterocycles. The summed E-state index contributed by atoms with van der Waals surface area (Å²) in [6.45, 7) is 2.02. The van der Waals surface area contributed by atoms with Crippen LogP contribution in [0.15, 0.2) is 64.6 Å². The van der Waals surface area contributed by atoms with Crippen LogP contribution in [-0.4, -0.2) is 29.0 Å². The number of benzene rings is 2. The first kappa shape index (κ1) is 22.9. The smallest absolute Gasteiger partial charge is 0.270 e. The first-order chi connectivity index (χ1) is 16.3. The van der Waals surface area contributed by atoms with Gasteiger partial charge in [-0.05, 0) is 60.6 Å². The molecule has 2 aromatic carbocycles. The Morgan fingerprint density at radius 2 is 1.88 bits per heavy atom. The Bertz CT molecular complexity index is 1340. The molecule has 0 radical (unpaired) electrons. The minimum Gasteiger partial charge on any atom is -0.496 e. The quantitative estimate of drug-likeness (QED) is 0.185. The predicted octanol–water partition coefficient (Wildman–Crippen LogP) is 4.26. The van der Waals surface area contributed by atoms with E-state index in [0.29, 0.717) is 17.0 Å². The van der Waals surface area contributed by atoms with Crippen LogP contribution < -0.4 is 15.0 Å². The summed E-state index contributed by atoms with van der Waals surface area (Å²) in [4.78, 5) is 37.6. The molecule has 34 heavy (non-hydrogen) atoms. The van der Waals surface area contributed by atoms with Crippen molar-refractivity contribution in [2.75, 3.05) is 12.0 Å². The number of nitro benzene ring substituents is 1. The largest absolute Gasteiger partial charge is 0.496 e. The van der Waals surface area contributed by atoms with E-state index in [1.54, 1.807) is 24.3 Å². The van der Waals surface area contributed by atoms with Crippen LogP contribution in [0.4, 0.5) is 11.4 Å². The van der Waals surface area contributed by atoms with Gasteiger partial charge in [0.25, 0.3) is 17.5 Å². The molecule has 172 valence electrons. The van der Waals surface area contributed by atoms with Crippen molar-refractivity contribution in [1.82, 2.24) is 5.32 Å². The molecule has 0 unspecified atom stereocenters. The van der Waals surface area contributed by atoms with Crippen LogP contribution in [0, 0.1) is 10.1 Å². The van der Waals surface area contributed by atoms with Crippen LogP contribution in [-0.2, 0) is 16.0 Å². The van der Waals surface area contributed by atoms with Crippen LogP contribution in [0.2, 0.25) is 0 Å². The number of rotatable bonds is 6. The highest BCUT2D eigenvalue weighted by Crippen LogP contribution is 2.35. The lowest BCUT2D eigenvalue weighted by Crippen LogP contribution is -2.54. The Kier molecular flexibility index (Phi) is 6.24. The molecule has 9 nitrogen and oxygen atoms in total. The van der Waals surface area contributed by atoms with Gasteiger partial charge in [-0.15, -0.1) is 0 Å². The number of non-ortho nitro benzene ring substituents is 1. The van der Waals surface area contributed by atoms with Crippen molar-refractivity contribution in [2.45, 2.75) is 13.3 Å². The Morgan fingerprint density at radius 1 is 1.15 bits per heavy atom. The molecule has 1 aliphatic rings. The van der Waals surface area contributed by atoms with Gasteiger partial charge in [0.05, 0.1) is 23.3 Å². The summed E-state index contributed by atoms with van der Waals surface area (Å²) >= 11 is 5.22. The molecule has 1 N–H and O–H groups in total. The van der Waals surface area contributed by atoms with Crippen molar-refractivity contribution in [3.8, 4) is 17.1 Å². The fourth-order valence-electron chi connectivity index (χ4n) is 3.49. The van der Waals surface area contributed by atoms with Crippen LogP contribution >= 0.6 is 12.2 Å². The molecule has 4 rings (SSSR count). The summed E-state index contributed by atoms with van der Waals surface area (Å²) < 4.78 is 11.1. The number of aryl methyl sites for hydroxylation is 1. The Hall–Kier alpha value is -4.31. The first-order valence-electron chi connectivity index (χ1n) is 10.3. The molecule has 0 spiro atoms. The number of methoxy groups -OCH3 is 1. The topological polar surface area (TPSA) is 115 Å². The molecule has 0 aliphatic carbocycles. The maximum Gasteiger partial charge on any atom is 0.270 e. The second-order valence-corrected chi connectivity index (χ2v) is 7.71. The fourth-order valence-corrected chi connectivity index (χ4v) is 3.77. The van der Waals surface area contributed by atoms with Gasteiger partial charge in [0.15, 0.2) is 5.11 Å². The molecule has 0 saturated carbocycles. The van der Waals surface area contributed by atoms with Gasteiger partial charge in [0.1, 0.15) is 22.8 Å². The highest BCUT2D eigenvalue weighted by atomic mass is 32.1. The van der Waals surface area contributed by atoms with E-state index in [-0.39, 0.29) is 27.9 Å². The molecule has 0 bridgehead atoms. The number of carbonyl (C=O) groups excluding carboxylic acids is 2. The zero-order chi connectivity index (χ0) is 24.4. The summed E-state index contributed by atoms with van der Waals surface area (Å²) in [5.74, 6) is -0.390. The molecule has 2 heterocycles. The maximum absolute atomic E-state index is 13.2. The van der Waals surface area contributed by atoms with E-state index in [1.807, 2.05) is 19.1 Å². The standard InChI is InChI=1S/C24H19N3O6S/c1-3-14-4-6-15(7-5-14)26-23(29)19(22(28)25-24(26)34)13-17-9-11-21(33-17)18-12-16(27(30)31)8-10-20(18)32-2/h4-13H,3H2,1-2H3,(H,25,28,34)/b19-13+. The zero-order valence-corrected chi connectivity index (χ0v) is 19.0. The summed E-state index contributed by atoms with van der Waals surface area (Å²) in [5, 5.41) is 13.7. The molecule has 1 fully saturated rings. The van der Waals surface area contributed by atoms with E-state index in [2.05, 4.69) is 5.32 Å². The number of hydrogen-bond donors (Lipinski definition) is 1. The lowest BCUT2D eigenvalue weighted by molar-refractivity contribution is -0.384. The third kappa shape index (κ3) is 4.30. The van der Waals surface area contributed by atoms with Crippen LogP contribution in [0.5, 0.6) is 5.75 Å². The number of furan rings is 1. The maximum atomic E-state index is 13.2. The van der Waals surface area contributed by atoms with E-state index >= 15 is 0 Å². The lowest BCUT2D eigenvalue weighted by Gasteiger charge is -2.28. The van der Waals surface area contributed by atoms with E-state index in [0.717, 1.165) is 12.0 Å². The van der Waals surface area contributed by atoms with Gasteiger partial charge >= 0.3 is 0 Å². The van der Waals surface area contributed by atoms with Crippen molar-refractivity contribution < 1.29 is 23.7 Å². The number of nitro groups is 1. The third-order valence-electron chi connectivity index (χ3n) is 5.28. The van der Waals surface area contributed by atoms with Crippen molar-refractivity contribution in [3.05, 3.63) is 81.6 Å². The molecular formula is C24H19N3O6S. The van der Waals surface area contributed by atoms with Gasteiger partial charge in [0, 0.05) is 12.1 Å². The van der Waals surface area contributed by atoms with Gasteiger partial charge < -0.3 is 9.15 Å². The highest BCUT2D eigenvalue weighted by molar-refractivity contribution is 7.80. The van der Waals surface area contributed by atoms with Crippen LogP contribution in [0.25, 0.3) is 17.4 Å².